The third kappa shape index (κ3) is 0.740. The third-order valence-electron chi connectivity index (χ3n) is 2.06. The molecule has 0 bridgehead atoms. The maximum absolute atomic E-state index is 3.37. The SMILES string of the molecule is C1CC2CN2CCN1. The summed E-state index contributed by atoms with van der Waals surface area (Å²) in [5, 5.41) is 3.37. The van der Waals surface area contributed by atoms with Gasteiger partial charge in [-0.05, 0) is 13.0 Å². The molecule has 2 aliphatic heterocycles. The molecular formula is C6H12N2. The maximum Gasteiger partial charge on any atom is 0.0236 e. The van der Waals surface area contributed by atoms with Gasteiger partial charge in [-0.2, -0.15) is 0 Å². The Balaban J connectivity index is 1.89. The molecule has 0 aromatic rings. The summed E-state index contributed by atoms with van der Waals surface area (Å²) in [6, 6.07) is 0.963. The molecule has 2 fully saturated rings. The Bertz CT molecular complexity index is 82.5. The van der Waals surface area contributed by atoms with Gasteiger partial charge >= 0.3 is 0 Å². The van der Waals surface area contributed by atoms with Crippen molar-refractivity contribution in [3.05, 3.63) is 0 Å². The molecule has 0 spiro atoms. The van der Waals surface area contributed by atoms with Crippen LogP contribution in [0.5, 0.6) is 0 Å². The van der Waals surface area contributed by atoms with Crippen LogP contribution in [-0.4, -0.2) is 37.1 Å². The van der Waals surface area contributed by atoms with Crippen LogP contribution in [0.25, 0.3) is 0 Å². The van der Waals surface area contributed by atoms with Gasteiger partial charge in [-0.1, -0.05) is 0 Å². The molecule has 8 heavy (non-hydrogen) atoms. The van der Waals surface area contributed by atoms with Gasteiger partial charge in [0.25, 0.3) is 0 Å². The predicted molar refractivity (Wildman–Crippen MR) is 32.8 cm³/mol. The highest BCUT2D eigenvalue weighted by Gasteiger charge is 2.33. The fourth-order valence-corrected chi connectivity index (χ4v) is 1.39. The van der Waals surface area contributed by atoms with E-state index in [4.69, 9.17) is 0 Å². The zero-order valence-corrected chi connectivity index (χ0v) is 5.06. The largest absolute Gasteiger partial charge is 0.315 e. The summed E-state index contributed by atoms with van der Waals surface area (Å²) >= 11 is 0. The molecule has 0 saturated carbocycles. The second-order valence-electron chi connectivity index (χ2n) is 2.69. The van der Waals surface area contributed by atoms with Gasteiger partial charge in [0.15, 0.2) is 0 Å². The number of fused-ring (bicyclic) bond motifs is 1. The van der Waals surface area contributed by atoms with E-state index in [1.807, 2.05) is 0 Å². The van der Waals surface area contributed by atoms with Crippen molar-refractivity contribution in [3.8, 4) is 0 Å². The van der Waals surface area contributed by atoms with Crippen LogP contribution in [0.3, 0.4) is 0 Å². The minimum atomic E-state index is 0.963. The van der Waals surface area contributed by atoms with Crippen LogP contribution in [0.1, 0.15) is 6.42 Å². The number of rotatable bonds is 0. The first-order valence-electron chi connectivity index (χ1n) is 3.41. The van der Waals surface area contributed by atoms with Crippen LogP contribution in [-0.2, 0) is 0 Å². The molecule has 0 aromatic carbocycles. The van der Waals surface area contributed by atoms with Crippen molar-refractivity contribution in [2.24, 2.45) is 0 Å². The Hall–Kier alpha value is -0.0800. The van der Waals surface area contributed by atoms with E-state index >= 15 is 0 Å². The van der Waals surface area contributed by atoms with Gasteiger partial charge in [-0.3, -0.25) is 4.90 Å². The molecule has 2 nitrogen and oxygen atoms in total. The topological polar surface area (TPSA) is 15.0 Å². The number of hydrogen-bond acceptors (Lipinski definition) is 2. The minimum Gasteiger partial charge on any atom is -0.315 e. The van der Waals surface area contributed by atoms with Gasteiger partial charge in [-0.25, -0.2) is 0 Å². The van der Waals surface area contributed by atoms with E-state index in [1.165, 1.54) is 32.6 Å². The Kier molecular flexibility index (Phi) is 1.02. The lowest BCUT2D eigenvalue weighted by Crippen LogP contribution is -2.19. The van der Waals surface area contributed by atoms with Crippen molar-refractivity contribution >= 4 is 0 Å². The molecule has 1 N–H and O–H groups in total. The van der Waals surface area contributed by atoms with E-state index in [-0.39, 0.29) is 0 Å². The van der Waals surface area contributed by atoms with Gasteiger partial charge < -0.3 is 5.32 Å². The lowest BCUT2D eigenvalue weighted by molar-refractivity contribution is 0.527. The van der Waals surface area contributed by atoms with Crippen LogP contribution in [0.15, 0.2) is 0 Å². The van der Waals surface area contributed by atoms with E-state index in [9.17, 15) is 0 Å². The smallest absolute Gasteiger partial charge is 0.0236 e. The Labute approximate surface area is 49.9 Å². The molecule has 2 saturated heterocycles. The van der Waals surface area contributed by atoms with E-state index in [0.29, 0.717) is 0 Å². The minimum absolute atomic E-state index is 0.963. The fraction of sp³-hybridized carbons (Fsp3) is 1.00. The van der Waals surface area contributed by atoms with Gasteiger partial charge in [0.1, 0.15) is 0 Å². The molecule has 2 heteroatoms. The molecule has 2 aliphatic rings. The molecule has 0 amide bonds. The third-order valence-corrected chi connectivity index (χ3v) is 2.06. The van der Waals surface area contributed by atoms with Crippen molar-refractivity contribution in [2.45, 2.75) is 12.5 Å². The average molecular weight is 112 g/mol. The van der Waals surface area contributed by atoms with Crippen LogP contribution >= 0.6 is 0 Å². The average Bonchev–Trinajstić information content (AvgIpc) is 2.36. The molecule has 2 heterocycles. The number of hydrogen-bond donors (Lipinski definition) is 1. The second-order valence-corrected chi connectivity index (χ2v) is 2.69. The van der Waals surface area contributed by atoms with Crippen molar-refractivity contribution in [1.82, 2.24) is 10.2 Å². The monoisotopic (exact) mass is 112 g/mol. The standard InChI is InChI=1S/C6H12N2/c1-2-7-3-4-8-5-6(1)8/h6-7H,1-5H2. The number of nitrogens with one attached hydrogen (secondary N) is 1. The summed E-state index contributed by atoms with van der Waals surface area (Å²) in [6.07, 6.45) is 1.38. The Morgan fingerprint density at radius 2 is 2.38 bits per heavy atom. The summed E-state index contributed by atoms with van der Waals surface area (Å²) in [6.45, 7) is 5.10. The first-order chi connectivity index (χ1) is 3.97. The van der Waals surface area contributed by atoms with Crippen molar-refractivity contribution in [1.29, 1.82) is 0 Å². The quantitative estimate of drug-likeness (QED) is 0.431. The molecule has 0 radical (unpaired) electrons. The van der Waals surface area contributed by atoms with Gasteiger partial charge in [0.2, 0.25) is 0 Å². The van der Waals surface area contributed by atoms with E-state index in [0.717, 1.165) is 6.04 Å². The number of nitrogens with zero attached hydrogens (tertiary/aromatic N) is 1. The highest BCUT2D eigenvalue weighted by molar-refractivity contribution is 4.91. The molecule has 2 rings (SSSR count). The van der Waals surface area contributed by atoms with Crippen LogP contribution in [0, 0.1) is 0 Å². The summed E-state index contributed by atoms with van der Waals surface area (Å²) in [7, 11) is 0. The molecule has 2 atom stereocenters. The zero-order chi connectivity index (χ0) is 5.40. The van der Waals surface area contributed by atoms with Gasteiger partial charge in [0.05, 0.1) is 0 Å². The Morgan fingerprint density at radius 1 is 1.38 bits per heavy atom. The Morgan fingerprint density at radius 3 is 3.38 bits per heavy atom. The lowest BCUT2D eigenvalue weighted by atomic mass is 10.3. The highest BCUT2D eigenvalue weighted by atomic mass is 15.3. The zero-order valence-electron chi connectivity index (χ0n) is 5.06. The van der Waals surface area contributed by atoms with Gasteiger partial charge in [0, 0.05) is 25.7 Å². The van der Waals surface area contributed by atoms with E-state index in [1.54, 1.807) is 0 Å². The molecule has 46 valence electrons. The summed E-state index contributed by atoms with van der Waals surface area (Å²) in [4.78, 5) is 2.53. The van der Waals surface area contributed by atoms with Crippen molar-refractivity contribution in [2.75, 3.05) is 26.2 Å². The summed E-state index contributed by atoms with van der Waals surface area (Å²) in [5.74, 6) is 0. The van der Waals surface area contributed by atoms with Gasteiger partial charge in [-0.15, -0.1) is 0 Å². The van der Waals surface area contributed by atoms with E-state index < -0.39 is 0 Å². The molecule has 0 aliphatic carbocycles. The lowest BCUT2D eigenvalue weighted by Gasteiger charge is -1.96. The van der Waals surface area contributed by atoms with E-state index in [2.05, 4.69) is 10.2 Å². The predicted octanol–water partition coefficient (Wildman–Crippen LogP) is -0.336. The van der Waals surface area contributed by atoms with Crippen molar-refractivity contribution in [3.63, 3.8) is 0 Å². The summed E-state index contributed by atoms with van der Waals surface area (Å²) in [5.41, 5.74) is 0. The highest BCUT2D eigenvalue weighted by Crippen LogP contribution is 2.20. The van der Waals surface area contributed by atoms with Crippen LogP contribution in [0.2, 0.25) is 0 Å². The molecular weight excluding hydrogens is 100 g/mol. The first-order valence-corrected chi connectivity index (χ1v) is 3.41. The maximum atomic E-state index is 3.37. The summed E-state index contributed by atoms with van der Waals surface area (Å²) < 4.78 is 0. The first kappa shape index (κ1) is 4.77. The molecule has 2 unspecified atom stereocenters. The van der Waals surface area contributed by atoms with Crippen LogP contribution in [0.4, 0.5) is 0 Å². The molecule has 0 aromatic heterocycles. The fourth-order valence-electron chi connectivity index (χ4n) is 1.39. The second kappa shape index (κ2) is 1.71. The van der Waals surface area contributed by atoms with Crippen LogP contribution < -0.4 is 5.32 Å². The van der Waals surface area contributed by atoms with Crippen molar-refractivity contribution < 1.29 is 0 Å². The normalized spacial score (nSPS) is 45.0.